The van der Waals surface area contributed by atoms with E-state index in [-0.39, 0.29) is 23.7 Å². The molecule has 0 bridgehead atoms. The standard InChI is InChI=1S/C20H20FN3O2/c1-24-18(23-17-5-3-2-4-16(17)20(24)26)10-11-19(25)22-13-12-14-6-8-15(21)9-7-14/h2-9H,10-13H2,1H3,(H,22,25). The second-order valence-corrected chi connectivity index (χ2v) is 6.14. The Morgan fingerprint density at radius 1 is 1.12 bits per heavy atom. The highest BCUT2D eigenvalue weighted by atomic mass is 19.1. The Morgan fingerprint density at radius 3 is 2.62 bits per heavy atom. The van der Waals surface area contributed by atoms with Crippen molar-refractivity contribution in [2.75, 3.05) is 6.54 Å². The van der Waals surface area contributed by atoms with Crippen molar-refractivity contribution in [3.05, 3.63) is 76.1 Å². The van der Waals surface area contributed by atoms with E-state index in [1.165, 1.54) is 16.7 Å². The van der Waals surface area contributed by atoms with E-state index in [9.17, 15) is 14.0 Å². The highest BCUT2D eigenvalue weighted by Gasteiger charge is 2.10. The van der Waals surface area contributed by atoms with Crippen LogP contribution in [0.2, 0.25) is 0 Å². The van der Waals surface area contributed by atoms with Crippen molar-refractivity contribution in [2.24, 2.45) is 7.05 Å². The number of aryl methyl sites for hydroxylation is 1. The van der Waals surface area contributed by atoms with Crippen LogP contribution in [-0.2, 0) is 24.7 Å². The number of aromatic nitrogens is 2. The van der Waals surface area contributed by atoms with Gasteiger partial charge in [0.1, 0.15) is 11.6 Å². The van der Waals surface area contributed by atoms with E-state index in [1.807, 2.05) is 6.07 Å². The van der Waals surface area contributed by atoms with E-state index in [2.05, 4.69) is 10.3 Å². The fourth-order valence-electron chi connectivity index (χ4n) is 2.80. The summed E-state index contributed by atoms with van der Waals surface area (Å²) in [5.74, 6) is 0.211. The van der Waals surface area contributed by atoms with E-state index in [1.54, 1.807) is 37.4 Å². The number of amides is 1. The molecule has 2 aromatic carbocycles. The molecule has 0 saturated heterocycles. The first-order valence-corrected chi connectivity index (χ1v) is 8.50. The second-order valence-electron chi connectivity index (χ2n) is 6.14. The van der Waals surface area contributed by atoms with Crippen LogP contribution in [0.15, 0.2) is 53.3 Å². The molecule has 0 saturated carbocycles. The van der Waals surface area contributed by atoms with Crippen LogP contribution in [0.25, 0.3) is 10.9 Å². The highest BCUT2D eigenvalue weighted by molar-refractivity contribution is 5.78. The summed E-state index contributed by atoms with van der Waals surface area (Å²) in [6.45, 7) is 0.481. The van der Waals surface area contributed by atoms with Gasteiger partial charge >= 0.3 is 0 Å². The molecule has 3 rings (SSSR count). The molecule has 6 heteroatoms. The van der Waals surface area contributed by atoms with Crippen molar-refractivity contribution in [3.8, 4) is 0 Å². The number of nitrogens with one attached hydrogen (secondary N) is 1. The summed E-state index contributed by atoms with van der Waals surface area (Å²) in [6.07, 6.45) is 1.28. The topological polar surface area (TPSA) is 64.0 Å². The van der Waals surface area contributed by atoms with Gasteiger partial charge in [-0.15, -0.1) is 0 Å². The first kappa shape index (κ1) is 17.8. The molecule has 1 aromatic heterocycles. The maximum Gasteiger partial charge on any atom is 0.261 e. The molecule has 0 aliphatic heterocycles. The third kappa shape index (κ3) is 4.14. The number of hydrogen-bond acceptors (Lipinski definition) is 3. The number of rotatable bonds is 6. The van der Waals surface area contributed by atoms with Crippen molar-refractivity contribution >= 4 is 16.8 Å². The largest absolute Gasteiger partial charge is 0.356 e. The number of carbonyl (C=O) groups is 1. The Labute approximate surface area is 150 Å². The normalized spacial score (nSPS) is 10.8. The summed E-state index contributed by atoms with van der Waals surface area (Å²) in [5, 5.41) is 3.41. The lowest BCUT2D eigenvalue weighted by Gasteiger charge is -2.09. The van der Waals surface area contributed by atoms with Crippen LogP contribution in [0.3, 0.4) is 0 Å². The molecule has 1 heterocycles. The van der Waals surface area contributed by atoms with Crippen molar-refractivity contribution in [2.45, 2.75) is 19.3 Å². The number of carbonyl (C=O) groups excluding carboxylic acids is 1. The average molecular weight is 353 g/mol. The second kappa shape index (κ2) is 7.91. The molecular formula is C20H20FN3O2. The van der Waals surface area contributed by atoms with Gasteiger partial charge in [-0.25, -0.2) is 9.37 Å². The Hall–Kier alpha value is -3.02. The number of benzene rings is 2. The number of fused-ring (bicyclic) bond motifs is 1. The average Bonchev–Trinajstić information content (AvgIpc) is 2.65. The zero-order valence-electron chi connectivity index (χ0n) is 14.5. The minimum Gasteiger partial charge on any atom is -0.356 e. The zero-order chi connectivity index (χ0) is 18.5. The van der Waals surface area contributed by atoms with E-state index in [4.69, 9.17) is 0 Å². The van der Waals surface area contributed by atoms with Crippen molar-refractivity contribution in [1.82, 2.24) is 14.9 Å². The molecule has 5 nitrogen and oxygen atoms in total. The fraction of sp³-hybridized carbons (Fsp3) is 0.250. The summed E-state index contributed by atoms with van der Waals surface area (Å²) in [4.78, 5) is 28.9. The summed E-state index contributed by atoms with van der Waals surface area (Å²) in [5.41, 5.74) is 1.50. The Balaban J connectivity index is 1.56. The van der Waals surface area contributed by atoms with Crippen LogP contribution in [0.4, 0.5) is 4.39 Å². The number of para-hydroxylation sites is 1. The fourth-order valence-corrected chi connectivity index (χ4v) is 2.80. The van der Waals surface area contributed by atoms with Crippen LogP contribution in [0.1, 0.15) is 17.8 Å². The maximum atomic E-state index is 12.9. The summed E-state index contributed by atoms with van der Waals surface area (Å²) < 4.78 is 14.4. The molecule has 0 fully saturated rings. The number of halogens is 1. The zero-order valence-corrected chi connectivity index (χ0v) is 14.5. The third-order valence-electron chi connectivity index (χ3n) is 4.30. The summed E-state index contributed by atoms with van der Waals surface area (Å²) >= 11 is 0. The van der Waals surface area contributed by atoms with Crippen LogP contribution < -0.4 is 10.9 Å². The Kier molecular flexibility index (Phi) is 5.41. The molecule has 26 heavy (non-hydrogen) atoms. The first-order valence-electron chi connectivity index (χ1n) is 8.50. The SMILES string of the molecule is Cn1c(CCC(=O)NCCc2ccc(F)cc2)nc2ccccc2c1=O. The predicted octanol–water partition coefficient (Wildman–Crippen LogP) is 2.36. The molecule has 0 atom stereocenters. The molecule has 0 aliphatic rings. The van der Waals surface area contributed by atoms with Gasteiger partial charge in [0.05, 0.1) is 10.9 Å². The van der Waals surface area contributed by atoms with Gasteiger partial charge < -0.3 is 5.32 Å². The van der Waals surface area contributed by atoms with Crippen LogP contribution in [0.5, 0.6) is 0 Å². The molecule has 1 amide bonds. The van der Waals surface area contributed by atoms with Gasteiger partial charge in [-0.05, 0) is 36.2 Å². The number of hydrogen-bond donors (Lipinski definition) is 1. The monoisotopic (exact) mass is 353 g/mol. The van der Waals surface area contributed by atoms with Crippen molar-refractivity contribution < 1.29 is 9.18 Å². The Morgan fingerprint density at radius 2 is 1.85 bits per heavy atom. The Bertz CT molecular complexity index is 981. The van der Waals surface area contributed by atoms with Gasteiger partial charge in [0.2, 0.25) is 5.91 Å². The molecule has 0 aliphatic carbocycles. The van der Waals surface area contributed by atoms with Crippen molar-refractivity contribution in [1.29, 1.82) is 0 Å². The van der Waals surface area contributed by atoms with E-state index >= 15 is 0 Å². The minimum absolute atomic E-state index is 0.102. The molecular weight excluding hydrogens is 333 g/mol. The first-order chi connectivity index (χ1) is 12.5. The van der Waals surface area contributed by atoms with E-state index < -0.39 is 0 Å². The van der Waals surface area contributed by atoms with Gasteiger partial charge in [0, 0.05) is 26.4 Å². The van der Waals surface area contributed by atoms with Crippen LogP contribution in [-0.4, -0.2) is 22.0 Å². The van der Waals surface area contributed by atoms with Gasteiger partial charge in [-0.2, -0.15) is 0 Å². The molecule has 3 aromatic rings. The summed E-state index contributed by atoms with van der Waals surface area (Å²) in [6, 6.07) is 13.4. The number of nitrogens with zero attached hydrogens (tertiary/aromatic N) is 2. The lowest BCUT2D eigenvalue weighted by Crippen LogP contribution is -2.27. The molecule has 134 valence electrons. The molecule has 0 radical (unpaired) electrons. The molecule has 1 N–H and O–H groups in total. The lowest BCUT2D eigenvalue weighted by molar-refractivity contribution is -0.121. The van der Waals surface area contributed by atoms with E-state index in [0.29, 0.717) is 36.1 Å². The lowest BCUT2D eigenvalue weighted by atomic mass is 10.1. The predicted molar refractivity (Wildman–Crippen MR) is 98.4 cm³/mol. The molecule has 0 spiro atoms. The van der Waals surface area contributed by atoms with Crippen LogP contribution in [0, 0.1) is 5.82 Å². The minimum atomic E-state index is -0.272. The molecule has 0 unspecified atom stereocenters. The van der Waals surface area contributed by atoms with Crippen LogP contribution >= 0.6 is 0 Å². The highest BCUT2D eigenvalue weighted by Crippen LogP contribution is 2.08. The maximum absolute atomic E-state index is 12.9. The van der Waals surface area contributed by atoms with Crippen molar-refractivity contribution in [3.63, 3.8) is 0 Å². The van der Waals surface area contributed by atoms with E-state index in [0.717, 1.165) is 5.56 Å². The van der Waals surface area contributed by atoms with Gasteiger partial charge in [0.15, 0.2) is 0 Å². The summed E-state index contributed by atoms with van der Waals surface area (Å²) in [7, 11) is 1.67. The smallest absolute Gasteiger partial charge is 0.261 e. The third-order valence-corrected chi connectivity index (χ3v) is 4.30. The van der Waals surface area contributed by atoms with Gasteiger partial charge in [-0.1, -0.05) is 24.3 Å². The quantitative estimate of drug-likeness (QED) is 0.740. The van der Waals surface area contributed by atoms with Gasteiger partial charge in [-0.3, -0.25) is 14.2 Å². The van der Waals surface area contributed by atoms with Gasteiger partial charge in [0.25, 0.3) is 5.56 Å².